The molecule has 0 spiro atoms. The number of nitrogens with zero attached hydrogens (tertiary/aromatic N) is 3. The van der Waals surface area contributed by atoms with E-state index in [2.05, 4.69) is 5.10 Å². The van der Waals surface area contributed by atoms with Crippen LogP contribution in [0.3, 0.4) is 0 Å². The fourth-order valence-electron chi connectivity index (χ4n) is 1.63. The van der Waals surface area contributed by atoms with Crippen molar-refractivity contribution >= 4 is 5.91 Å². The third kappa shape index (κ3) is 2.61. The van der Waals surface area contributed by atoms with Gasteiger partial charge in [0.2, 0.25) is 0 Å². The molecule has 1 amide bonds. The summed E-state index contributed by atoms with van der Waals surface area (Å²) in [7, 11) is 3.58. The molecule has 1 heterocycles. The zero-order valence-electron chi connectivity index (χ0n) is 10.4. The molecule has 0 saturated heterocycles. The fraction of sp³-hybridized carbons (Fsp3) is 0.636. The summed E-state index contributed by atoms with van der Waals surface area (Å²) >= 11 is 0. The van der Waals surface area contributed by atoms with Crippen LogP contribution in [0, 0.1) is 6.92 Å². The van der Waals surface area contributed by atoms with Gasteiger partial charge in [-0.05, 0) is 32.9 Å². The van der Waals surface area contributed by atoms with Crippen LogP contribution in [0.25, 0.3) is 0 Å². The average Bonchev–Trinajstić information content (AvgIpc) is 2.56. The number of rotatable bonds is 4. The maximum absolute atomic E-state index is 12.1. The SMILES string of the molecule is Cc1cc(C(=O)N(C)C(C)CCN)n(C)n1. The first-order chi connectivity index (χ1) is 7.47. The van der Waals surface area contributed by atoms with Crippen molar-refractivity contribution in [3.63, 3.8) is 0 Å². The number of hydrogen-bond donors (Lipinski definition) is 1. The number of aromatic nitrogens is 2. The van der Waals surface area contributed by atoms with Crippen LogP contribution in [-0.2, 0) is 7.05 Å². The molecule has 5 heteroatoms. The van der Waals surface area contributed by atoms with E-state index in [9.17, 15) is 4.79 Å². The molecule has 2 N–H and O–H groups in total. The first kappa shape index (κ1) is 12.7. The number of amides is 1. The van der Waals surface area contributed by atoms with E-state index in [1.807, 2.05) is 13.8 Å². The predicted molar refractivity (Wildman–Crippen MR) is 63.2 cm³/mol. The van der Waals surface area contributed by atoms with E-state index in [4.69, 9.17) is 5.73 Å². The zero-order chi connectivity index (χ0) is 12.3. The molecule has 0 aliphatic carbocycles. The summed E-state index contributed by atoms with van der Waals surface area (Å²) in [5, 5.41) is 4.16. The Morgan fingerprint density at radius 1 is 1.69 bits per heavy atom. The highest BCUT2D eigenvalue weighted by Gasteiger charge is 2.20. The van der Waals surface area contributed by atoms with Gasteiger partial charge in [0.1, 0.15) is 5.69 Å². The molecule has 1 rings (SSSR count). The standard InChI is InChI=1S/C11H20N4O/c1-8-7-10(15(4)13-8)11(16)14(3)9(2)5-6-12/h7,9H,5-6,12H2,1-4H3. The summed E-state index contributed by atoms with van der Waals surface area (Å²) in [6.45, 7) is 4.46. The Morgan fingerprint density at radius 2 is 2.31 bits per heavy atom. The van der Waals surface area contributed by atoms with Gasteiger partial charge in [-0.2, -0.15) is 5.10 Å². The highest BCUT2D eigenvalue weighted by Crippen LogP contribution is 2.09. The lowest BCUT2D eigenvalue weighted by Gasteiger charge is -2.24. The quantitative estimate of drug-likeness (QED) is 0.811. The maximum Gasteiger partial charge on any atom is 0.272 e. The Morgan fingerprint density at radius 3 is 2.75 bits per heavy atom. The summed E-state index contributed by atoms with van der Waals surface area (Å²) < 4.78 is 1.61. The minimum Gasteiger partial charge on any atom is -0.338 e. The first-order valence-electron chi connectivity index (χ1n) is 5.45. The van der Waals surface area contributed by atoms with Crippen LogP contribution in [0.1, 0.15) is 29.5 Å². The fourth-order valence-corrected chi connectivity index (χ4v) is 1.63. The molecule has 1 unspecified atom stereocenters. The van der Waals surface area contributed by atoms with Gasteiger partial charge < -0.3 is 10.6 Å². The minimum absolute atomic E-state index is 0.0101. The molecular formula is C11H20N4O. The van der Waals surface area contributed by atoms with E-state index in [-0.39, 0.29) is 11.9 Å². The minimum atomic E-state index is -0.0101. The Balaban J connectivity index is 2.81. The van der Waals surface area contributed by atoms with Crippen molar-refractivity contribution < 1.29 is 4.79 Å². The number of nitrogens with two attached hydrogens (primary N) is 1. The Hall–Kier alpha value is -1.36. The lowest BCUT2D eigenvalue weighted by molar-refractivity contribution is 0.0728. The molecule has 5 nitrogen and oxygen atoms in total. The van der Waals surface area contributed by atoms with Crippen LogP contribution in [0.4, 0.5) is 0 Å². The number of aryl methyl sites for hydroxylation is 2. The van der Waals surface area contributed by atoms with Crippen molar-refractivity contribution in [2.24, 2.45) is 12.8 Å². The molecule has 0 aromatic carbocycles. The van der Waals surface area contributed by atoms with E-state index in [1.165, 1.54) is 0 Å². The second-order valence-corrected chi connectivity index (χ2v) is 4.14. The molecule has 1 atom stereocenters. The molecule has 0 aliphatic rings. The van der Waals surface area contributed by atoms with Crippen LogP contribution < -0.4 is 5.73 Å². The summed E-state index contributed by atoms with van der Waals surface area (Å²) in [4.78, 5) is 13.8. The summed E-state index contributed by atoms with van der Waals surface area (Å²) in [6.07, 6.45) is 0.805. The van der Waals surface area contributed by atoms with Crippen LogP contribution in [0.15, 0.2) is 6.07 Å². The molecule has 1 aromatic rings. The van der Waals surface area contributed by atoms with Crippen LogP contribution in [0.5, 0.6) is 0 Å². The van der Waals surface area contributed by atoms with Gasteiger partial charge >= 0.3 is 0 Å². The van der Waals surface area contributed by atoms with E-state index in [0.29, 0.717) is 12.2 Å². The Bertz CT molecular complexity index is 372. The molecule has 0 radical (unpaired) electrons. The molecule has 0 fully saturated rings. The van der Waals surface area contributed by atoms with Crippen LogP contribution in [0.2, 0.25) is 0 Å². The van der Waals surface area contributed by atoms with E-state index < -0.39 is 0 Å². The third-order valence-electron chi connectivity index (χ3n) is 2.79. The van der Waals surface area contributed by atoms with Crippen molar-refractivity contribution in [1.29, 1.82) is 0 Å². The second kappa shape index (κ2) is 5.12. The average molecular weight is 224 g/mol. The van der Waals surface area contributed by atoms with E-state index in [0.717, 1.165) is 12.1 Å². The van der Waals surface area contributed by atoms with Crippen LogP contribution >= 0.6 is 0 Å². The van der Waals surface area contributed by atoms with Gasteiger partial charge in [-0.1, -0.05) is 0 Å². The molecule has 0 bridgehead atoms. The van der Waals surface area contributed by atoms with Crippen molar-refractivity contribution in [2.45, 2.75) is 26.3 Å². The van der Waals surface area contributed by atoms with Gasteiger partial charge in [0.05, 0.1) is 5.69 Å². The molecule has 1 aromatic heterocycles. The number of hydrogen-bond acceptors (Lipinski definition) is 3. The number of carbonyl (C=O) groups excluding carboxylic acids is 1. The lowest BCUT2D eigenvalue weighted by atomic mass is 10.2. The number of carbonyl (C=O) groups is 1. The second-order valence-electron chi connectivity index (χ2n) is 4.14. The third-order valence-corrected chi connectivity index (χ3v) is 2.79. The first-order valence-corrected chi connectivity index (χ1v) is 5.45. The largest absolute Gasteiger partial charge is 0.338 e. The molecule has 16 heavy (non-hydrogen) atoms. The summed E-state index contributed by atoms with van der Waals surface area (Å²) in [5.41, 5.74) is 6.95. The topological polar surface area (TPSA) is 64.2 Å². The van der Waals surface area contributed by atoms with Crippen molar-refractivity contribution in [3.05, 3.63) is 17.5 Å². The lowest BCUT2D eigenvalue weighted by Crippen LogP contribution is -2.37. The van der Waals surface area contributed by atoms with Crippen molar-refractivity contribution in [2.75, 3.05) is 13.6 Å². The van der Waals surface area contributed by atoms with Gasteiger partial charge in [0.25, 0.3) is 5.91 Å². The van der Waals surface area contributed by atoms with E-state index in [1.54, 1.807) is 29.7 Å². The van der Waals surface area contributed by atoms with Gasteiger partial charge in [0, 0.05) is 20.1 Å². The Kier molecular flexibility index (Phi) is 4.06. The van der Waals surface area contributed by atoms with Gasteiger partial charge in [-0.15, -0.1) is 0 Å². The van der Waals surface area contributed by atoms with E-state index >= 15 is 0 Å². The normalized spacial score (nSPS) is 12.6. The summed E-state index contributed by atoms with van der Waals surface area (Å²) in [6, 6.07) is 1.95. The molecule has 0 saturated carbocycles. The van der Waals surface area contributed by atoms with Crippen molar-refractivity contribution in [1.82, 2.24) is 14.7 Å². The van der Waals surface area contributed by atoms with Crippen LogP contribution in [-0.4, -0.2) is 40.2 Å². The van der Waals surface area contributed by atoms with Gasteiger partial charge in [0.15, 0.2) is 0 Å². The predicted octanol–water partition coefficient (Wildman–Crippen LogP) is 0.538. The smallest absolute Gasteiger partial charge is 0.272 e. The summed E-state index contributed by atoms with van der Waals surface area (Å²) in [5.74, 6) is -0.0101. The maximum atomic E-state index is 12.1. The molecule has 0 aliphatic heterocycles. The molecular weight excluding hydrogens is 204 g/mol. The highest BCUT2D eigenvalue weighted by molar-refractivity contribution is 5.92. The monoisotopic (exact) mass is 224 g/mol. The molecule has 90 valence electrons. The Labute approximate surface area is 96.2 Å². The van der Waals surface area contributed by atoms with Gasteiger partial charge in [-0.25, -0.2) is 0 Å². The highest BCUT2D eigenvalue weighted by atomic mass is 16.2. The van der Waals surface area contributed by atoms with Gasteiger partial charge in [-0.3, -0.25) is 9.48 Å². The van der Waals surface area contributed by atoms with Crippen molar-refractivity contribution in [3.8, 4) is 0 Å². The zero-order valence-corrected chi connectivity index (χ0v) is 10.4.